The Hall–Kier alpha value is -2.96. The lowest BCUT2D eigenvalue weighted by Crippen LogP contribution is -2.52. The highest BCUT2D eigenvalue weighted by Gasteiger charge is 2.58. The SMILES string of the molecule is O=C(Nc1ccc(F)cc1)C1(C(=O)N2CCN(c3ccccn3)CC2)CC1. The topological polar surface area (TPSA) is 65.5 Å². The van der Waals surface area contributed by atoms with E-state index in [1.807, 2.05) is 18.2 Å². The van der Waals surface area contributed by atoms with E-state index in [1.54, 1.807) is 11.1 Å². The number of nitrogens with one attached hydrogen (secondary N) is 1. The van der Waals surface area contributed by atoms with E-state index < -0.39 is 5.41 Å². The van der Waals surface area contributed by atoms with Crippen LogP contribution in [0.15, 0.2) is 48.7 Å². The van der Waals surface area contributed by atoms with E-state index in [-0.39, 0.29) is 17.6 Å². The van der Waals surface area contributed by atoms with E-state index in [0.29, 0.717) is 44.7 Å². The van der Waals surface area contributed by atoms with E-state index in [1.165, 1.54) is 24.3 Å². The predicted molar refractivity (Wildman–Crippen MR) is 99.7 cm³/mol. The molecule has 1 saturated carbocycles. The molecule has 0 radical (unpaired) electrons. The Kier molecular flexibility index (Phi) is 4.51. The third kappa shape index (κ3) is 3.49. The number of carbonyl (C=O) groups is 2. The Labute approximate surface area is 157 Å². The fourth-order valence-corrected chi connectivity index (χ4v) is 3.43. The van der Waals surface area contributed by atoms with Crippen molar-refractivity contribution in [3.05, 3.63) is 54.5 Å². The van der Waals surface area contributed by atoms with Crippen LogP contribution in [0.1, 0.15) is 12.8 Å². The van der Waals surface area contributed by atoms with E-state index in [0.717, 1.165) is 5.82 Å². The van der Waals surface area contributed by atoms with Gasteiger partial charge in [-0.15, -0.1) is 0 Å². The van der Waals surface area contributed by atoms with Crippen molar-refractivity contribution in [3.8, 4) is 0 Å². The minimum Gasteiger partial charge on any atom is -0.353 e. The van der Waals surface area contributed by atoms with Crippen molar-refractivity contribution in [1.82, 2.24) is 9.88 Å². The Balaban J connectivity index is 1.38. The molecule has 1 aliphatic carbocycles. The first-order chi connectivity index (χ1) is 13.1. The number of pyridine rings is 1. The predicted octanol–water partition coefficient (Wildman–Crippen LogP) is 2.29. The minimum absolute atomic E-state index is 0.109. The number of hydrogen-bond donors (Lipinski definition) is 1. The monoisotopic (exact) mass is 368 g/mol. The van der Waals surface area contributed by atoms with Gasteiger partial charge in [-0.3, -0.25) is 9.59 Å². The number of piperazine rings is 1. The van der Waals surface area contributed by atoms with Crippen molar-refractivity contribution in [1.29, 1.82) is 0 Å². The van der Waals surface area contributed by atoms with Crippen molar-refractivity contribution in [3.63, 3.8) is 0 Å². The highest BCUT2D eigenvalue weighted by Crippen LogP contribution is 2.48. The molecule has 140 valence electrons. The summed E-state index contributed by atoms with van der Waals surface area (Å²) in [6, 6.07) is 11.3. The first kappa shape index (κ1) is 17.5. The lowest BCUT2D eigenvalue weighted by atomic mass is 10.0. The van der Waals surface area contributed by atoms with Crippen LogP contribution in [-0.2, 0) is 9.59 Å². The van der Waals surface area contributed by atoms with Crippen molar-refractivity contribution >= 4 is 23.3 Å². The van der Waals surface area contributed by atoms with Gasteiger partial charge in [0, 0.05) is 38.1 Å². The second-order valence-electron chi connectivity index (χ2n) is 7.01. The summed E-state index contributed by atoms with van der Waals surface area (Å²) in [4.78, 5) is 33.9. The van der Waals surface area contributed by atoms with Gasteiger partial charge >= 0.3 is 0 Å². The standard InChI is InChI=1S/C20H21FN4O2/c21-15-4-6-16(7-5-15)23-18(26)20(8-9-20)19(27)25-13-11-24(12-14-25)17-3-1-2-10-22-17/h1-7,10H,8-9,11-14H2,(H,23,26). The van der Waals surface area contributed by atoms with Crippen LogP contribution in [0.2, 0.25) is 0 Å². The lowest BCUT2D eigenvalue weighted by Gasteiger charge is -2.36. The second kappa shape index (κ2) is 6.98. The summed E-state index contributed by atoms with van der Waals surface area (Å²) in [6.07, 6.45) is 2.87. The Morgan fingerprint density at radius 1 is 1.00 bits per heavy atom. The number of nitrogens with zero attached hydrogens (tertiary/aromatic N) is 3. The molecule has 1 N–H and O–H groups in total. The summed E-state index contributed by atoms with van der Waals surface area (Å²) in [5.41, 5.74) is -0.470. The number of anilines is 2. The molecule has 2 aliphatic rings. The fraction of sp³-hybridized carbons (Fsp3) is 0.350. The lowest BCUT2D eigenvalue weighted by molar-refractivity contribution is -0.142. The van der Waals surface area contributed by atoms with Crippen LogP contribution in [0.4, 0.5) is 15.9 Å². The quantitative estimate of drug-likeness (QED) is 0.841. The Morgan fingerprint density at radius 2 is 1.70 bits per heavy atom. The van der Waals surface area contributed by atoms with E-state index in [2.05, 4.69) is 15.2 Å². The average molecular weight is 368 g/mol. The van der Waals surface area contributed by atoms with Gasteiger partial charge in [0.25, 0.3) is 0 Å². The maximum atomic E-state index is 13.0. The van der Waals surface area contributed by atoms with Gasteiger partial charge in [-0.1, -0.05) is 6.07 Å². The number of carbonyl (C=O) groups excluding carboxylic acids is 2. The van der Waals surface area contributed by atoms with Crippen LogP contribution >= 0.6 is 0 Å². The van der Waals surface area contributed by atoms with Crippen molar-refractivity contribution < 1.29 is 14.0 Å². The number of rotatable bonds is 4. The zero-order valence-electron chi connectivity index (χ0n) is 14.9. The molecule has 0 bridgehead atoms. The van der Waals surface area contributed by atoms with Crippen LogP contribution in [0.3, 0.4) is 0 Å². The molecule has 0 spiro atoms. The fourth-order valence-electron chi connectivity index (χ4n) is 3.43. The molecule has 2 amide bonds. The van der Waals surface area contributed by atoms with E-state index in [4.69, 9.17) is 0 Å². The second-order valence-corrected chi connectivity index (χ2v) is 7.01. The van der Waals surface area contributed by atoms with Crippen molar-refractivity contribution in [2.45, 2.75) is 12.8 Å². The molecule has 2 heterocycles. The molecule has 0 atom stereocenters. The highest BCUT2D eigenvalue weighted by atomic mass is 19.1. The summed E-state index contributed by atoms with van der Waals surface area (Å²) < 4.78 is 13.0. The largest absolute Gasteiger partial charge is 0.353 e. The molecule has 4 rings (SSSR count). The molecule has 0 unspecified atom stereocenters. The normalized spacial score (nSPS) is 18.1. The summed E-state index contributed by atoms with van der Waals surface area (Å²) in [7, 11) is 0. The van der Waals surface area contributed by atoms with Crippen LogP contribution in [-0.4, -0.2) is 47.9 Å². The maximum Gasteiger partial charge on any atom is 0.240 e. The maximum absolute atomic E-state index is 13.0. The molecule has 6 nitrogen and oxygen atoms in total. The number of benzene rings is 1. The number of aromatic nitrogens is 1. The van der Waals surface area contributed by atoms with Gasteiger partial charge in [0.2, 0.25) is 11.8 Å². The minimum atomic E-state index is -0.971. The summed E-state index contributed by atoms with van der Waals surface area (Å²) in [5, 5.41) is 2.75. The highest BCUT2D eigenvalue weighted by molar-refractivity contribution is 6.13. The molecule has 2 fully saturated rings. The zero-order valence-corrected chi connectivity index (χ0v) is 14.9. The van der Waals surface area contributed by atoms with Gasteiger partial charge in [-0.05, 0) is 49.2 Å². The summed E-state index contributed by atoms with van der Waals surface area (Å²) in [5.74, 6) is 0.129. The molecule has 1 aromatic heterocycles. The third-order valence-electron chi connectivity index (χ3n) is 5.24. The molecule has 2 aromatic rings. The Morgan fingerprint density at radius 3 is 2.30 bits per heavy atom. The van der Waals surface area contributed by atoms with Crippen LogP contribution in [0.25, 0.3) is 0 Å². The third-order valence-corrected chi connectivity index (χ3v) is 5.24. The molecular formula is C20H21FN4O2. The van der Waals surface area contributed by atoms with Crippen molar-refractivity contribution in [2.75, 3.05) is 36.4 Å². The molecule has 7 heteroatoms. The molecule has 1 saturated heterocycles. The van der Waals surface area contributed by atoms with Gasteiger partial charge in [0.1, 0.15) is 17.1 Å². The Bertz CT molecular complexity index is 829. The molecule has 27 heavy (non-hydrogen) atoms. The number of hydrogen-bond acceptors (Lipinski definition) is 4. The van der Waals surface area contributed by atoms with Gasteiger partial charge in [0.05, 0.1) is 0 Å². The first-order valence-corrected chi connectivity index (χ1v) is 9.11. The van der Waals surface area contributed by atoms with Crippen molar-refractivity contribution in [2.24, 2.45) is 5.41 Å². The summed E-state index contributed by atoms with van der Waals surface area (Å²) in [6.45, 7) is 2.53. The first-order valence-electron chi connectivity index (χ1n) is 9.11. The van der Waals surface area contributed by atoms with Crippen LogP contribution < -0.4 is 10.2 Å². The smallest absolute Gasteiger partial charge is 0.240 e. The van der Waals surface area contributed by atoms with Gasteiger partial charge < -0.3 is 15.1 Å². The zero-order chi connectivity index (χ0) is 18.9. The average Bonchev–Trinajstić information content (AvgIpc) is 3.52. The molecular weight excluding hydrogens is 347 g/mol. The van der Waals surface area contributed by atoms with Gasteiger partial charge in [-0.25, -0.2) is 9.37 Å². The van der Waals surface area contributed by atoms with Crippen LogP contribution in [0.5, 0.6) is 0 Å². The number of halogens is 1. The summed E-state index contributed by atoms with van der Waals surface area (Å²) >= 11 is 0. The van der Waals surface area contributed by atoms with E-state index in [9.17, 15) is 14.0 Å². The molecule has 1 aromatic carbocycles. The van der Waals surface area contributed by atoms with Gasteiger partial charge in [0.15, 0.2) is 0 Å². The van der Waals surface area contributed by atoms with E-state index >= 15 is 0 Å². The van der Waals surface area contributed by atoms with Crippen LogP contribution in [0, 0.1) is 11.2 Å². The molecule has 1 aliphatic heterocycles. The van der Waals surface area contributed by atoms with Gasteiger partial charge in [-0.2, -0.15) is 0 Å². The number of amides is 2.